The Balaban J connectivity index is 2.09. The number of nitrogens with zero attached hydrogens (tertiary/aromatic N) is 3. The van der Waals surface area contributed by atoms with Gasteiger partial charge in [-0.05, 0) is 14.1 Å². The van der Waals surface area contributed by atoms with E-state index in [0.29, 0.717) is 0 Å². The molecule has 0 bridgehead atoms. The third-order valence-electron chi connectivity index (χ3n) is 2.74. The molecule has 0 radical (unpaired) electrons. The number of piperazine rings is 1. The summed E-state index contributed by atoms with van der Waals surface area (Å²) in [5.41, 5.74) is 0. The Morgan fingerprint density at radius 2 is 1.50 bits per heavy atom. The second-order valence-corrected chi connectivity index (χ2v) is 4.66. The van der Waals surface area contributed by atoms with E-state index in [1.165, 1.54) is 39.3 Å². The first-order valence-electron chi connectivity index (χ1n) is 5.42. The van der Waals surface area contributed by atoms with Crippen LogP contribution in [-0.4, -0.2) is 80.4 Å². The highest BCUT2D eigenvalue weighted by Gasteiger charge is 2.15. The van der Waals surface area contributed by atoms with E-state index in [1.807, 2.05) is 0 Å². The van der Waals surface area contributed by atoms with Crippen LogP contribution in [0, 0.1) is 0 Å². The Morgan fingerprint density at radius 1 is 1.00 bits per heavy atom. The molecular weight excluding hydrogens is 194 g/mol. The minimum Gasteiger partial charge on any atom is -0.308 e. The van der Waals surface area contributed by atoms with Gasteiger partial charge in [-0.2, -0.15) is 12.6 Å². The molecule has 14 heavy (non-hydrogen) atoms. The number of likely N-dealkylation sites (N-methyl/N-ethyl adjacent to an activating group) is 1. The molecule has 3 nitrogen and oxygen atoms in total. The van der Waals surface area contributed by atoms with Crippen molar-refractivity contribution in [2.24, 2.45) is 0 Å². The lowest BCUT2D eigenvalue weighted by atomic mass is 10.3. The highest BCUT2D eigenvalue weighted by molar-refractivity contribution is 7.80. The lowest BCUT2D eigenvalue weighted by Crippen LogP contribution is -2.48. The minimum absolute atomic E-state index is 0.984. The summed E-state index contributed by atoms with van der Waals surface area (Å²) in [6.45, 7) is 8.41. The zero-order chi connectivity index (χ0) is 10.4. The van der Waals surface area contributed by atoms with E-state index >= 15 is 0 Å². The fourth-order valence-corrected chi connectivity index (χ4v) is 2.00. The van der Waals surface area contributed by atoms with Crippen LogP contribution in [0.1, 0.15) is 0 Å². The maximum atomic E-state index is 4.26. The van der Waals surface area contributed by atoms with Gasteiger partial charge >= 0.3 is 0 Å². The Kier molecular flexibility index (Phi) is 5.86. The predicted octanol–water partition coefficient (Wildman–Crippen LogP) is 0.0954. The van der Waals surface area contributed by atoms with E-state index in [4.69, 9.17) is 0 Å². The molecular formula is C10H23N3S. The van der Waals surface area contributed by atoms with Crippen molar-refractivity contribution in [3.63, 3.8) is 0 Å². The van der Waals surface area contributed by atoms with E-state index in [2.05, 4.69) is 41.4 Å². The standard InChI is InChI=1S/C10H23N3S/c1-11(2)3-4-12-5-7-13(8-6-12)9-10-14/h14H,3-10H2,1-2H3. The van der Waals surface area contributed by atoms with Crippen LogP contribution in [-0.2, 0) is 0 Å². The summed E-state index contributed by atoms with van der Waals surface area (Å²) in [4.78, 5) is 7.30. The summed E-state index contributed by atoms with van der Waals surface area (Å²) in [6, 6.07) is 0. The van der Waals surface area contributed by atoms with E-state index in [-0.39, 0.29) is 0 Å². The van der Waals surface area contributed by atoms with Gasteiger partial charge in [0.25, 0.3) is 0 Å². The molecule has 1 saturated heterocycles. The van der Waals surface area contributed by atoms with Crippen molar-refractivity contribution in [3.05, 3.63) is 0 Å². The smallest absolute Gasteiger partial charge is 0.0110 e. The lowest BCUT2D eigenvalue weighted by Gasteiger charge is -2.34. The van der Waals surface area contributed by atoms with E-state index in [9.17, 15) is 0 Å². The molecule has 1 fully saturated rings. The zero-order valence-corrected chi connectivity index (χ0v) is 10.3. The number of hydrogen-bond donors (Lipinski definition) is 1. The summed E-state index contributed by atoms with van der Waals surface area (Å²) < 4.78 is 0. The van der Waals surface area contributed by atoms with Gasteiger partial charge in [0.05, 0.1) is 0 Å². The third-order valence-corrected chi connectivity index (χ3v) is 2.94. The van der Waals surface area contributed by atoms with Gasteiger partial charge in [0.1, 0.15) is 0 Å². The molecule has 0 aromatic heterocycles. The predicted molar refractivity (Wildman–Crippen MR) is 65.3 cm³/mol. The van der Waals surface area contributed by atoms with Gasteiger partial charge in [0.2, 0.25) is 0 Å². The minimum atomic E-state index is 0.984. The number of rotatable bonds is 5. The van der Waals surface area contributed by atoms with Gasteiger partial charge in [-0.3, -0.25) is 9.80 Å². The SMILES string of the molecule is CN(C)CCN1CCN(CCS)CC1. The molecule has 0 atom stereocenters. The van der Waals surface area contributed by atoms with Crippen molar-refractivity contribution in [1.29, 1.82) is 0 Å². The van der Waals surface area contributed by atoms with Crippen molar-refractivity contribution >= 4 is 12.6 Å². The second-order valence-electron chi connectivity index (χ2n) is 4.21. The van der Waals surface area contributed by atoms with Crippen molar-refractivity contribution in [2.45, 2.75) is 0 Å². The summed E-state index contributed by atoms with van der Waals surface area (Å²) in [7, 11) is 4.27. The molecule has 0 aliphatic carbocycles. The van der Waals surface area contributed by atoms with E-state index in [0.717, 1.165) is 12.3 Å². The van der Waals surface area contributed by atoms with Crippen molar-refractivity contribution in [3.8, 4) is 0 Å². The van der Waals surface area contributed by atoms with Gasteiger partial charge in [-0.25, -0.2) is 0 Å². The molecule has 0 N–H and O–H groups in total. The van der Waals surface area contributed by atoms with E-state index in [1.54, 1.807) is 0 Å². The molecule has 1 heterocycles. The van der Waals surface area contributed by atoms with Gasteiger partial charge in [-0.15, -0.1) is 0 Å². The number of thiol groups is 1. The molecule has 1 rings (SSSR count). The van der Waals surface area contributed by atoms with Crippen molar-refractivity contribution in [1.82, 2.24) is 14.7 Å². The van der Waals surface area contributed by atoms with Gasteiger partial charge in [-0.1, -0.05) is 0 Å². The van der Waals surface area contributed by atoms with Crippen LogP contribution in [0.3, 0.4) is 0 Å². The molecule has 1 aliphatic rings. The Labute approximate surface area is 93.5 Å². The van der Waals surface area contributed by atoms with E-state index < -0.39 is 0 Å². The summed E-state index contributed by atoms with van der Waals surface area (Å²) in [5.74, 6) is 0.984. The first-order chi connectivity index (χ1) is 6.72. The molecule has 0 aromatic rings. The van der Waals surface area contributed by atoms with Crippen LogP contribution < -0.4 is 0 Å². The summed E-state index contributed by atoms with van der Waals surface area (Å²) >= 11 is 4.26. The Bertz CT molecular complexity index is 144. The quantitative estimate of drug-likeness (QED) is 0.655. The van der Waals surface area contributed by atoms with Gasteiger partial charge in [0.15, 0.2) is 0 Å². The van der Waals surface area contributed by atoms with Gasteiger partial charge < -0.3 is 4.90 Å². The molecule has 0 amide bonds. The Morgan fingerprint density at radius 3 is 1.93 bits per heavy atom. The maximum absolute atomic E-state index is 4.26. The largest absolute Gasteiger partial charge is 0.308 e. The molecule has 4 heteroatoms. The van der Waals surface area contributed by atoms with Crippen LogP contribution in [0.2, 0.25) is 0 Å². The fourth-order valence-electron chi connectivity index (χ4n) is 1.72. The summed E-state index contributed by atoms with van der Waals surface area (Å²) in [6.07, 6.45) is 0. The van der Waals surface area contributed by atoms with Crippen LogP contribution in [0.5, 0.6) is 0 Å². The average molecular weight is 217 g/mol. The van der Waals surface area contributed by atoms with Crippen LogP contribution in [0.25, 0.3) is 0 Å². The van der Waals surface area contributed by atoms with Gasteiger partial charge in [0, 0.05) is 51.6 Å². The van der Waals surface area contributed by atoms with Crippen molar-refractivity contribution < 1.29 is 0 Å². The molecule has 0 spiro atoms. The van der Waals surface area contributed by atoms with Crippen LogP contribution in [0.4, 0.5) is 0 Å². The first-order valence-corrected chi connectivity index (χ1v) is 6.06. The monoisotopic (exact) mass is 217 g/mol. The fraction of sp³-hybridized carbons (Fsp3) is 1.00. The molecule has 84 valence electrons. The average Bonchev–Trinajstić information content (AvgIpc) is 2.17. The number of hydrogen-bond acceptors (Lipinski definition) is 4. The van der Waals surface area contributed by atoms with Crippen molar-refractivity contribution in [2.75, 3.05) is 65.7 Å². The maximum Gasteiger partial charge on any atom is 0.0110 e. The third kappa shape index (κ3) is 4.64. The Hall–Kier alpha value is 0.230. The normalized spacial score (nSPS) is 20.6. The highest BCUT2D eigenvalue weighted by atomic mass is 32.1. The zero-order valence-electron chi connectivity index (χ0n) is 9.45. The highest BCUT2D eigenvalue weighted by Crippen LogP contribution is 2.01. The summed E-state index contributed by atoms with van der Waals surface area (Å²) in [5, 5.41) is 0. The molecule has 0 saturated carbocycles. The lowest BCUT2D eigenvalue weighted by molar-refractivity contribution is 0.131. The molecule has 0 aromatic carbocycles. The second kappa shape index (κ2) is 6.67. The first kappa shape index (κ1) is 12.3. The van der Waals surface area contributed by atoms with Crippen LogP contribution in [0.15, 0.2) is 0 Å². The topological polar surface area (TPSA) is 9.72 Å². The molecule has 0 unspecified atom stereocenters. The van der Waals surface area contributed by atoms with Crippen LogP contribution >= 0.6 is 12.6 Å². The molecule has 1 aliphatic heterocycles.